The van der Waals surface area contributed by atoms with Crippen molar-refractivity contribution in [1.29, 1.82) is 0 Å². The fourth-order valence-electron chi connectivity index (χ4n) is 1.64. The maximum Gasteiger partial charge on any atom is 0.185 e. The summed E-state index contributed by atoms with van der Waals surface area (Å²) < 4.78 is 5.37. The minimum Gasteiger partial charge on any atom is -0.457 e. The Morgan fingerprint density at radius 2 is 2.19 bits per heavy atom. The summed E-state index contributed by atoms with van der Waals surface area (Å²) in [5.41, 5.74) is 0. The fourth-order valence-corrected chi connectivity index (χ4v) is 1.64. The summed E-state index contributed by atoms with van der Waals surface area (Å²) in [7, 11) is 0. The van der Waals surface area contributed by atoms with E-state index in [4.69, 9.17) is 4.42 Å². The second kappa shape index (κ2) is 6.48. The molecule has 3 nitrogen and oxygen atoms in total. The molecular weight excluding hydrogens is 202 g/mol. The average Bonchev–Trinajstić information content (AvgIpc) is 2.75. The Morgan fingerprint density at radius 1 is 1.44 bits per heavy atom. The molecule has 0 radical (unpaired) electrons. The molecule has 3 heteroatoms. The quantitative estimate of drug-likeness (QED) is 0.666. The molecule has 0 amide bonds. The number of carbonyl (C=O) groups excluding carboxylic acids is 1. The summed E-state index contributed by atoms with van der Waals surface area (Å²) in [6.45, 7) is 9.46. The molecule has 0 bridgehead atoms. The smallest absolute Gasteiger partial charge is 0.185 e. The summed E-state index contributed by atoms with van der Waals surface area (Å²) in [5, 5.41) is 0. The lowest BCUT2D eigenvalue weighted by Gasteiger charge is -2.22. The van der Waals surface area contributed by atoms with Gasteiger partial charge < -0.3 is 4.42 Å². The monoisotopic (exact) mass is 223 g/mol. The second-order valence-corrected chi connectivity index (χ2v) is 4.26. The lowest BCUT2D eigenvalue weighted by Crippen LogP contribution is -2.27. The molecule has 90 valence electrons. The van der Waals surface area contributed by atoms with E-state index in [0.717, 1.165) is 31.7 Å². The van der Waals surface area contributed by atoms with Crippen molar-refractivity contribution in [3.63, 3.8) is 0 Å². The molecular formula is C13H21NO2. The zero-order chi connectivity index (χ0) is 12.0. The third-order valence-corrected chi connectivity index (χ3v) is 2.89. The van der Waals surface area contributed by atoms with E-state index < -0.39 is 0 Å². The molecule has 0 spiro atoms. The third kappa shape index (κ3) is 3.81. The Kier molecular flexibility index (Phi) is 5.26. The number of nitrogens with zero attached hydrogens (tertiary/aromatic N) is 1. The molecule has 0 aromatic carbocycles. The summed E-state index contributed by atoms with van der Waals surface area (Å²) in [6, 6.07) is 3.60. The first-order valence-corrected chi connectivity index (χ1v) is 5.95. The van der Waals surface area contributed by atoms with Gasteiger partial charge >= 0.3 is 0 Å². The van der Waals surface area contributed by atoms with Gasteiger partial charge in [0.15, 0.2) is 12.0 Å². The number of aldehydes is 1. The Hall–Kier alpha value is -1.09. The average molecular weight is 223 g/mol. The van der Waals surface area contributed by atoms with Crippen LogP contribution >= 0.6 is 0 Å². The third-order valence-electron chi connectivity index (χ3n) is 2.89. The van der Waals surface area contributed by atoms with Crippen molar-refractivity contribution < 1.29 is 9.21 Å². The van der Waals surface area contributed by atoms with E-state index in [2.05, 4.69) is 25.7 Å². The standard InChI is InChI=1S/C13H21NO2/c1-4-11(3)8-14(5-2)9-12-6-7-13(10-15)16-12/h6-7,10-11H,4-5,8-9H2,1-3H3. The number of hydrogen-bond acceptors (Lipinski definition) is 3. The number of hydrogen-bond donors (Lipinski definition) is 0. The molecule has 1 aromatic heterocycles. The van der Waals surface area contributed by atoms with Crippen LogP contribution in [-0.2, 0) is 6.54 Å². The minimum absolute atomic E-state index is 0.412. The van der Waals surface area contributed by atoms with Crippen LogP contribution in [0.2, 0.25) is 0 Å². The predicted molar refractivity (Wildman–Crippen MR) is 64.5 cm³/mol. The van der Waals surface area contributed by atoms with Gasteiger partial charge in [-0.25, -0.2) is 0 Å². The topological polar surface area (TPSA) is 33.5 Å². The molecule has 0 aliphatic rings. The number of furan rings is 1. The Balaban J connectivity index is 2.52. The molecule has 0 saturated heterocycles. The SMILES string of the molecule is CCC(C)CN(CC)Cc1ccc(C=O)o1. The van der Waals surface area contributed by atoms with Crippen LogP contribution < -0.4 is 0 Å². The lowest BCUT2D eigenvalue weighted by atomic mass is 10.1. The van der Waals surface area contributed by atoms with Gasteiger partial charge in [-0.2, -0.15) is 0 Å². The number of carbonyl (C=O) groups is 1. The van der Waals surface area contributed by atoms with E-state index in [0.29, 0.717) is 11.7 Å². The van der Waals surface area contributed by atoms with Crippen LogP contribution in [-0.4, -0.2) is 24.3 Å². The molecule has 1 heterocycles. The van der Waals surface area contributed by atoms with Crippen molar-refractivity contribution >= 4 is 6.29 Å². The van der Waals surface area contributed by atoms with Gasteiger partial charge in [0.2, 0.25) is 0 Å². The van der Waals surface area contributed by atoms with Gasteiger partial charge in [0.25, 0.3) is 0 Å². The molecule has 16 heavy (non-hydrogen) atoms. The summed E-state index contributed by atoms with van der Waals surface area (Å²) in [4.78, 5) is 12.8. The first kappa shape index (κ1) is 13.0. The first-order valence-electron chi connectivity index (χ1n) is 5.95. The van der Waals surface area contributed by atoms with E-state index in [1.54, 1.807) is 6.07 Å². The van der Waals surface area contributed by atoms with Gasteiger partial charge in [-0.05, 0) is 24.6 Å². The van der Waals surface area contributed by atoms with E-state index >= 15 is 0 Å². The Labute approximate surface area is 97.4 Å². The minimum atomic E-state index is 0.412. The van der Waals surface area contributed by atoms with Gasteiger partial charge in [0.1, 0.15) is 5.76 Å². The molecule has 1 atom stereocenters. The maximum absolute atomic E-state index is 10.5. The molecule has 0 aliphatic carbocycles. The van der Waals surface area contributed by atoms with Crippen LogP contribution in [0.3, 0.4) is 0 Å². The van der Waals surface area contributed by atoms with Gasteiger partial charge in [-0.15, -0.1) is 0 Å². The molecule has 0 N–H and O–H groups in total. The van der Waals surface area contributed by atoms with Crippen LogP contribution in [0.4, 0.5) is 0 Å². The maximum atomic E-state index is 10.5. The van der Waals surface area contributed by atoms with Gasteiger partial charge in [-0.1, -0.05) is 27.2 Å². The van der Waals surface area contributed by atoms with Crippen molar-refractivity contribution in [1.82, 2.24) is 4.90 Å². The molecule has 0 saturated carbocycles. The molecule has 0 fully saturated rings. The van der Waals surface area contributed by atoms with Crippen LogP contribution in [0, 0.1) is 5.92 Å². The first-order chi connectivity index (χ1) is 7.69. The van der Waals surface area contributed by atoms with E-state index in [9.17, 15) is 4.79 Å². The predicted octanol–water partition coefficient (Wildman–Crippen LogP) is 2.96. The largest absolute Gasteiger partial charge is 0.457 e. The highest BCUT2D eigenvalue weighted by molar-refractivity contribution is 5.70. The normalized spacial score (nSPS) is 13.0. The Morgan fingerprint density at radius 3 is 2.69 bits per heavy atom. The lowest BCUT2D eigenvalue weighted by molar-refractivity contribution is 0.109. The van der Waals surface area contributed by atoms with Gasteiger partial charge in [0, 0.05) is 6.54 Å². The van der Waals surface area contributed by atoms with Crippen LogP contribution in [0.25, 0.3) is 0 Å². The van der Waals surface area contributed by atoms with E-state index in [1.807, 2.05) is 6.07 Å². The zero-order valence-corrected chi connectivity index (χ0v) is 10.4. The van der Waals surface area contributed by atoms with Crippen LogP contribution in [0.5, 0.6) is 0 Å². The molecule has 0 aliphatic heterocycles. The van der Waals surface area contributed by atoms with Crippen LogP contribution in [0.15, 0.2) is 16.5 Å². The molecule has 1 aromatic rings. The molecule has 1 rings (SSSR count). The second-order valence-electron chi connectivity index (χ2n) is 4.26. The highest BCUT2D eigenvalue weighted by Crippen LogP contribution is 2.11. The summed E-state index contributed by atoms with van der Waals surface area (Å²) in [5.74, 6) is 1.97. The Bertz CT molecular complexity index is 319. The van der Waals surface area contributed by atoms with Crippen molar-refractivity contribution in [2.24, 2.45) is 5.92 Å². The summed E-state index contributed by atoms with van der Waals surface area (Å²) >= 11 is 0. The number of rotatable bonds is 7. The van der Waals surface area contributed by atoms with Crippen LogP contribution in [0.1, 0.15) is 43.5 Å². The van der Waals surface area contributed by atoms with E-state index in [1.165, 1.54) is 6.42 Å². The zero-order valence-electron chi connectivity index (χ0n) is 10.4. The van der Waals surface area contributed by atoms with Crippen molar-refractivity contribution in [3.05, 3.63) is 23.7 Å². The van der Waals surface area contributed by atoms with Gasteiger partial charge in [-0.3, -0.25) is 9.69 Å². The summed E-state index contributed by atoms with van der Waals surface area (Å²) in [6.07, 6.45) is 1.93. The van der Waals surface area contributed by atoms with Crippen molar-refractivity contribution in [2.75, 3.05) is 13.1 Å². The van der Waals surface area contributed by atoms with Crippen molar-refractivity contribution in [2.45, 2.75) is 33.7 Å². The van der Waals surface area contributed by atoms with Gasteiger partial charge in [0.05, 0.1) is 6.54 Å². The highest BCUT2D eigenvalue weighted by Gasteiger charge is 2.10. The van der Waals surface area contributed by atoms with Crippen molar-refractivity contribution in [3.8, 4) is 0 Å². The van der Waals surface area contributed by atoms with E-state index in [-0.39, 0.29) is 0 Å². The molecule has 1 unspecified atom stereocenters. The highest BCUT2D eigenvalue weighted by atomic mass is 16.3. The fraction of sp³-hybridized carbons (Fsp3) is 0.615.